The summed E-state index contributed by atoms with van der Waals surface area (Å²) in [6.07, 6.45) is 0. The highest BCUT2D eigenvalue weighted by atomic mass is 35.5. The van der Waals surface area contributed by atoms with E-state index in [1.54, 1.807) is 20.9 Å². The molecule has 0 saturated heterocycles. The minimum absolute atomic E-state index is 0.0355. The van der Waals surface area contributed by atoms with Crippen molar-refractivity contribution in [3.05, 3.63) is 34.6 Å². The van der Waals surface area contributed by atoms with Crippen LogP contribution in [0, 0.1) is 13.8 Å². The Labute approximate surface area is 122 Å². The lowest BCUT2D eigenvalue weighted by molar-refractivity contribution is 0.475. The number of anilines is 1. The first-order chi connectivity index (χ1) is 9.22. The molecular formula is C12H14ClN3O3S. The molecule has 0 bridgehead atoms. The van der Waals surface area contributed by atoms with Crippen molar-refractivity contribution >= 4 is 27.3 Å². The number of aromatic hydroxyl groups is 1. The highest BCUT2D eigenvalue weighted by Gasteiger charge is 2.24. The van der Waals surface area contributed by atoms with Gasteiger partial charge in [-0.2, -0.15) is 5.10 Å². The summed E-state index contributed by atoms with van der Waals surface area (Å²) in [4.78, 5) is 0.129. The third-order valence-electron chi connectivity index (χ3n) is 2.91. The lowest BCUT2D eigenvalue weighted by atomic mass is 10.3. The molecule has 0 fully saturated rings. The number of hydrogen-bond donors (Lipinski definition) is 2. The van der Waals surface area contributed by atoms with Gasteiger partial charge in [0.05, 0.1) is 22.1 Å². The molecule has 0 aliphatic carbocycles. The second-order valence-corrected chi connectivity index (χ2v) is 6.42. The van der Waals surface area contributed by atoms with Crippen molar-refractivity contribution in [3.8, 4) is 5.75 Å². The summed E-state index contributed by atoms with van der Waals surface area (Å²) in [5, 5.41) is 13.5. The van der Waals surface area contributed by atoms with Crippen molar-refractivity contribution in [2.75, 3.05) is 4.72 Å². The molecule has 6 nitrogen and oxygen atoms in total. The summed E-state index contributed by atoms with van der Waals surface area (Å²) in [5.41, 5.74) is 1.14. The maximum Gasteiger partial charge on any atom is 0.265 e. The summed E-state index contributed by atoms with van der Waals surface area (Å²) in [6, 6.07) is 4.02. The lowest BCUT2D eigenvalue weighted by Gasteiger charge is -2.10. The molecule has 2 aromatic rings. The van der Waals surface area contributed by atoms with Crippen molar-refractivity contribution in [1.82, 2.24) is 9.78 Å². The van der Waals surface area contributed by atoms with Crippen LogP contribution in [0.15, 0.2) is 23.1 Å². The van der Waals surface area contributed by atoms with E-state index in [-0.39, 0.29) is 21.4 Å². The third-order valence-corrected chi connectivity index (χ3v) is 4.84. The number of phenols is 1. The standard InChI is InChI=1S/C12H14ClN3O3S/c1-7-12(8(2)16(3)14-7)20(18,19)15-11-5-4-9(17)6-10(11)13/h4-6,15,17H,1-3H3. The van der Waals surface area contributed by atoms with Crippen LogP contribution in [0.4, 0.5) is 5.69 Å². The smallest absolute Gasteiger partial charge is 0.265 e. The van der Waals surface area contributed by atoms with E-state index in [0.717, 1.165) is 0 Å². The zero-order valence-corrected chi connectivity index (χ0v) is 12.7. The molecule has 1 aromatic carbocycles. The van der Waals surface area contributed by atoms with E-state index in [9.17, 15) is 13.5 Å². The number of aryl methyl sites for hydroxylation is 2. The van der Waals surface area contributed by atoms with Gasteiger partial charge in [0.1, 0.15) is 10.6 Å². The predicted molar refractivity (Wildman–Crippen MR) is 76.6 cm³/mol. The fourth-order valence-electron chi connectivity index (χ4n) is 1.93. The van der Waals surface area contributed by atoms with Crippen molar-refractivity contribution < 1.29 is 13.5 Å². The number of rotatable bonds is 3. The van der Waals surface area contributed by atoms with E-state index < -0.39 is 10.0 Å². The van der Waals surface area contributed by atoms with Gasteiger partial charge in [-0.3, -0.25) is 9.40 Å². The Bertz CT molecular complexity index is 768. The Hall–Kier alpha value is -1.73. The van der Waals surface area contributed by atoms with Gasteiger partial charge in [0.15, 0.2) is 0 Å². The van der Waals surface area contributed by atoms with Gasteiger partial charge in [-0.25, -0.2) is 8.42 Å². The number of halogens is 1. The Balaban J connectivity index is 2.46. The Morgan fingerprint density at radius 1 is 1.35 bits per heavy atom. The van der Waals surface area contributed by atoms with Gasteiger partial charge in [0, 0.05) is 13.1 Å². The number of nitrogens with one attached hydrogen (secondary N) is 1. The van der Waals surface area contributed by atoms with Gasteiger partial charge >= 0.3 is 0 Å². The van der Waals surface area contributed by atoms with Crippen LogP contribution in [0.3, 0.4) is 0 Å². The molecule has 1 heterocycles. The minimum atomic E-state index is -3.79. The number of phenolic OH excluding ortho intramolecular Hbond substituents is 1. The predicted octanol–water partition coefficient (Wildman–Crippen LogP) is 2.20. The molecule has 0 atom stereocenters. The van der Waals surface area contributed by atoms with E-state index in [1.807, 2.05) is 0 Å². The highest BCUT2D eigenvalue weighted by Crippen LogP contribution is 2.29. The molecule has 20 heavy (non-hydrogen) atoms. The lowest BCUT2D eigenvalue weighted by Crippen LogP contribution is -2.15. The van der Waals surface area contributed by atoms with Crippen molar-refractivity contribution in [1.29, 1.82) is 0 Å². The molecule has 2 N–H and O–H groups in total. The topological polar surface area (TPSA) is 84.2 Å². The molecule has 0 spiro atoms. The third kappa shape index (κ3) is 2.59. The molecular weight excluding hydrogens is 302 g/mol. The molecule has 2 rings (SSSR count). The van der Waals surface area contributed by atoms with Gasteiger partial charge < -0.3 is 5.11 Å². The van der Waals surface area contributed by atoms with Crippen LogP contribution in [0.2, 0.25) is 5.02 Å². The molecule has 0 radical (unpaired) electrons. The first kappa shape index (κ1) is 14.7. The van der Waals surface area contributed by atoms with Crippen molar-refractivity contribution in [2.45, 2.75) is 18.7 Å². The maximum absolute atomic E-state index is 12.4. The largest absolute Gasteiger partial charge is 0.508 e. The Kier molecular flexibility index (Phi) is 3.66. The fourth-order valence-corrected chi connectivity index (χ4v) is 3.72. The van der Waals surface area contributed by atoms with E-state index in [4.69, 9.17) is 11.6 Å². The molecule has 1 aromatic heterocycles. The molecule has 0 amide bonds. The fraction of sp³-hybridized carbons (Fsp3) is 0.250. The van der Waals surface area contributed by atoms with Gasteiger partial charge in [-0.1, -0.05) is 11.6 Å². The van der Waals surface area contributed by atoms with Crippen LogP contribution in [-0.2, 0) is 17.1 Å². The SMILES string of the molecule is Cc1nn(C)c(C)c1S(=O)(=O)Nc1ccc(O)cc1Cl. The van der Waals surface area contributed by atoms with E-state index >= 15 is 0 Å². The maximum atomic E-state index is 12.4. The Morgan fingerprint density at radius 2 is 2.00 bits per heavy atom. The highest BCUT2D eigenvalue weighted by molar-refractivity contribution is 7.92. The minimum Gasteiger partial charge on any atom is -0.508 e. The van der Waals surface area contributed by atoms with Crippen molar-refractivity contribution in [3.63, 3.8) is 0 Å². The van der Waals surface area contributed by atoms with Gasteiger partial charge in [-0.15, -0.1) is 0 Å². The van der Waals surface area contributed by atoms with Gasteiger partial charge in [0.2, 0.25) is 0 Å². The van der Waals surface area contributed by atoms with Gasteiger partial charge in [0.25, 0.3) is 10.0 Å². The van der Waals surface area contributed by atoms with Crippen molar-refractivity contribution in [2.24, 2.45) is 7.05 Å². The van der Waals surface area contributed by atoms with E-state index in [0.29, 0.717) is 11.4 Å². The van der Waals surface area contributed by atoms with Crippen LogP contribution in [0.25, 0.3) is 0 Å². The van der Waals surface area contributed by atoms with Crippen LogP contribution in [-0.4, -0.2) is 23.3 Å². The summed E-state index contributed by atoms with van der Waals surface area (Å²) < 4.78 is 28.7. The van der Waals surface area contributed by atoms with E-state index in [1.165, 1.54) is 22.9 Å². The molecule has 8 heteroatoms. The molecule has 0 unspecified atom stereocenters. The summed E-state index contributed by atoms with van der Waals surface area (Å²) in [6.45, 7) is 3.30. The molecule has 0 saturated carbocycles. The molecule has 0 aliphatic heterocycles. The zero-order valence-electron chi connectivity index (χ0n) is 11.2. The van der Waals surface area contributed by atoms with E-state index in [2.05, 4.69) is 9.82 Å². The summed E-state index contributed by atoms with van der Waals surface area (Å²) >= 11 is 5.90. The number of aromatic nitrogens is 2. The number of benzene rings is 1. The summed E-state index contributed by atoms with van der Waals surface area (Å²) in [5.74, 6) is -0.0355. The summed E-state index contributed by atoms with van der Waals surface area (Å²) in [7, 11) is -2.11. The normalized spacial score (nSPS) is 11.6. The number of nitrogens with zero attached hydrogens (tertiary/aromatic N) is 2. The van der Waals surface area contributed by atoms with Crippen LogP contribution < -0.4 is 4.72 Å². The van der Waals surface area contributed by atoms with Gasteiger partial charge in [-0.05, 0) is 26.0 Å². The van der Waals surface area contributed by atoms with Crippen LogP contribution in [0.1, 0.15) is 11.4 Å². The van der Waals surface area contributed by atoms with Crippen LogP contribution in [0.5, 0.6) is 5.75 Å². The Morgan fingerprint density at radius 3 is 2.50 bits per heavy atom. The average molecular weight is 316 g/mol. The number of hydrogen-bond acceptors (Lipinski definition) is 4. The zero-order chi connectivity index (χ0) is 15.1. The van der Waals surface area contributed by atoms with Crippen LogP contribution >= 0.6 is 11.6 Å². The molecule has 108 valence electrons. The first-order valence-corrected chi connectivity index (χ1v) is 7.60. The second kappa shape index (κ2) is 4.99. The quantitative estimate of drug-likeness (QED) is 0.850. The molecule has 0 aliphatic rings. The first-order valence-electron chi connectivity index (χ1n) is 5.74. The second-order valence-electron chi connectivity index (χ2n) is 4.39. The average Bonchev–Trinajstić information content (AvgIpc) is 2.57. The monoisotopic (exact) mass is 315 g/mol. The number of sulfonamides is 1.